The van der Waals surface area contributed by atoms with Crippen LogP contribution in [0.5, 0.6) is 5.75 Å². The fourth-order valence-corrected chi connectivity index (χ4v) is 3.62. The number of hydrogen-bond acceptors (Lipinski definition) is 8. The smallest absolute Gasteiger partial charge is 0.325 e. The molecule has 1 fully saturated rings. The van der Waals surface area contributed by atoms with Gasteiger partial charge in [0, 0.05) is 30.8 Å². The van der Waals surface area contributed by atoms with Gasteiger partial charge in [-0.3, -0.25) is 4.79 Å². The van der Waals surface area contributed by atoms with Gasteiger partial charge in [-0.05, 0) is 25.5 Å². The van der Waals surface area contributed by atoms with E-state index in [0.717, 1.165) is 42.1 Å². The van der Waals surface area contributed by atoms with Crippen LogP contribution in [0.4, 0.5) is 11.8 Å². The largest absolute Gasteiger partial charge is 0.508 e. The van der Waals surface area contributed by atoms with Crippen LogP contribution in [-0.4, -0.2) is 67.0 Å². The van der Waals surface area contributed by atoms with Gasteiger partial charge in [0.2, 0.25) is 5.95 Å². The van der Waals surface area contributed by atoms with Gasteiger partial charge in [-0.25, -0.2) is 4.98 Å². The van der Waals surface area contributed by atoms with Crippen molar-refractivity contribution in [1.29, 1.82) is 0 Å². The molecule has 0 atom stereocenters. The second-order valence-corrected chi connectivity index (χ2v) is 6.80. The molecule has 1 saturated heterocycles. The van der Waals surface area contributed by atoms with E-state index in [0.29, 0.717) is 32.3 Å². The standard InChI is InChI=1S/C20H24N4O4/c1-2-28-17(26)13-24-7-6-16-18(14-4-3-5-15(25)12-14)21-20(22-19(16)24)23-8-10-27-11-9-23/h3-5,12,25H,2,6-11,13H2,1H3. The predicted octanol–water partition coefficient (Wildman–Crippen LogP) is 1.61. The van der Waals surface area contributed by atoms with Gasteiger partial charge in [-0.15, -0.1) is 0 Å². The predicted molar refractivity (Wildman–Crippen MR) is 105 cm³/mol. The number of hydrogen-bond donors (Lipinski definition) is 1. The molecule has 8 nitrogen and oxygen atoms in total. The molecule has 2 aromatic rings. The number of nitrogens with zero attached hydrogens (tertiary/aromatic N) is 4. The lowest BCUT2D eigenvalue weighted by molar-refractivity contribution is -0.141. The van der Waals surface area contributed by atoms with Crippen LogP contribution in [0.1, 0.15) is 12.5 Å². The van der Waals surface area contributed by atoms with E-state index in [9.17, 15) is 9.90 Å². The minimum Gasteiger partial charge on any atom is -0.508 e. The lowest BCUT2D eigenvalue weighted by Crippen LogP contribution is -2.38. The Balaban J connectivity index is 1.75. The molecule has 0 aliphatic carbocycles. The summed E-state index contributed by atoms with van der Waals surface area (Å²) in [6, 6.07) is 7.08. The van der Waals surface area contributed by atoms with Crippen LogP contribution in [0.15, 0.2) is 24.3 Å². The molecular weight excluding hydrogens is 360 g/mol. The number of morpholine rings is 1. The number of fused-ring (bicyclic) bond motifs is 1. The second kappa shape index (κ2) is 8.02. The molecule has 1 aromatic heterocycles. The Morgan fingerprint density at radius 1 is 1.25 bits per heavy atom. The van der Waals surface area contributed by atoms with E-state index in [4.69, 9.17) is 19.4 Å². The summed E-state index contributed by atoms with van der Waals surface area (Å²) >= 11 is 0. The van der Waals surface area contributed by atoms with Crippen LogP contribution in [0.3, 0.4) is 0 Å². The average Bonchev–Trinajstić information content (AvgIpc) is 3.11. The Morgan fingerprint density at radius 3 is 2.82 bits per heavy atom. The van der Waals surface area contributed by atoms with Crippen molar-refractivity contribution in [3.63, 3.8) is 0 Å². The van der Waals surface area contributed by atoms with Crippen molar-refractivity contribution >= 4 is 17.7 Å². The van der Waals surface area contributed by atoms with E-state index in [1.165, 1.54) is 0 Å². The Hall–Kier alpha value is -2.87. The minimum atomic E-state index is -0.263. The molecule has 148 valence electrons. The zero-order chi connectivity index (χ0) is 19.5. The maximum absolute atomic E-state index is 12.0. The quantitative estimate of drug-likeness (QED) is 0.778. The molecule has 3 heterocycles. The SMILES string of the molecule is CCOC(=O)CN1CCc2c(-c3cccc(O)c3)nc(N3CCOCC3)nc21. The third kappa shape index (κ3) is 3.73. The number of carbonyl (C=O) groups excluding carboxylic acids is 1. The van der Waals surface area contributed by atoms with E-state index in [1.807, 2.05) is 11.0 Å². The first-order valence-electron chi connectivity index (χ1n) is 9.59. The summed E-state index contributed by atoms with van der Waals surface area (Å²) in [7, 11) is 0. The van der Waals surface area contributed by atoms with Crippen LogP contribution in [-0.2, 0) is 20.7 Å². The monoisotopic (exact) mass is 384 g/mol. The first-order valence-corrected chi connectivity index (χ1v) is 9.59. The first kappa shape index (κ1) is 18.5. The number of ether oxygens (including phenoxy) is 2. The van der Waals surface area contributed by atoms with Gasteiger partial charge < -0.3 is 24.4 Å². The third-order valence-corrected chi connectivity index (χ3v) is 4.94. The number of aromatic hydroxyl groups is 1. The summed E-state index contributed by atoms with van der Waals surface area (Å²) in [4.78, 5) is 25.7. The lowest BCUT2D eigenvalue weighted by atomic mass is 10.1. The van der Waals surface area contributed by atoms with Gasteiger partial charge in [0.25, 0.3) is 0 Å². The molecule has 0 unspecified atom stereocenters. The maximum atomic E-state index is 12.0. The van der Waals surface area contributed by atoms with Crippen molar-refractivity contribution < 1.29 is 19.4 Å². The number of phenolic OH excluding ortho intramolecular Hbond substituents is 1. The number of rotatable bonds is 5. The molecule has 0 saturated carbocycles. The van der Waals surface area contributed by atoms with E-state index >= 15 is 0 Å². The highest BCUT2D eigenvalue weighted by atomic mass is 16.5. The zero-order valence-electron chi connectivity index (χ0n) is 15.9. The van der Waals surface area contributed by atoms with Gasteiger partial charge in [0.1, 0.15) is 18.1 Å². The molecule has 2 aliphatic heterocycles. The molecular formula is C20H24N4O4. The third-order valence-electron chi connectivity index (χ3n) is 4.94. The highest BCUT2D eigenvalue weighted by molar-refractivity contribution is 5.79. The molecule has 0 spiro atoms. The van der Waals surface area contributed by atoms with E-state index in [-0.39, 0.29) is 18.3 Å². The van der Waals surface area contributed by atoms with Gasteiger partial charge in [0.15, 0.2) is 0 Å². The maximum Gasteiger partial charge on any atom is 0.325 e. The topological polar surface area (TPSA) is 88.0 Å². The van der Waals surface area contributed by atoms with Crippen LogP contribution >= 0.6 is 0 Å². The molecule has 0 amide bonds. The molecule has 1 N–H and O–H groups in total. The number of aromatic nitrogens is 2. The van der Waals surface area contributed by atoms with Crippen molar-refractivity contribution in [2.24, 2.45) is 0 Å². The lowest BCUT2D eigenvalue weighted by Gasteiger charge is -2.28. The van der Waals surface area contributed by atoms with Gasteiger partial charge in [-0.1, -0.05) is 12.1 Å². The Morgan fingerprint density at radius 2 is 2.07 bits per heavy atom. The van der Waals surface area contributed by atoms with Gasteiger partial charge in [-0.2, -0.15) is 4.98 Å². The summed E-state index contributed by atoms with van der Waals surface area (Å²) in [5, 5.41) is 9.93. The molecule has 4 rings (SSSR count). The fourth-order valence-electron chi connectivity index (χ4n) is 3.62. The summed E-state index contributed by atoms with van der Waals surface area (Å²) in [6.45, 7) is 5.71. The van der Waals surface area contributed by atoms with Crippen molar-refractivity contribution in [3.8, 4) is 17.0 Å². The minimum absolute atomic E-state index is 0.167. The molecule has 8 heteroatoms. The number of anilines is 2. The van der Waals surface area contributed by atoms with Crippen LogP contribution in [0.25, 0.3) is 11.3 Å². The number of esters is 1. The first-order chi connectivity index (χ1) is 13.7. The summed E-state index contributed by atoms with van der Waals surface area (Å²) < 4.78 is 10.6. The van der Waals surface area contributed by atoms with Crippen molar-refractivity contribution in [1.82, 2.24) is 9.97 Å². The number of carbonyl (C=O) groups is 1. The summed E-state index contributed by atoms with van der Waals surface area (Å²) in [6.07, 6.45) is 0.739. The molecule has 1 aromatic carbocycles. The van der Waals surface area contributed by atoms with Crippen molar-refractivity contribution in [3.05, 3.63) is 29.8 Å². The Kier molecular flexibility index (Phi) is 5.29. The van der Waals surface area contributed by atoms with E-state index in [1.54, 1.807) is 25.1 Å². The summed E-state index contributed by atoms with van der Waals surface area (Å²) in [5.74, 6) is 1.32. The second-order valence-electron chi connectivity index (χ2n) is 6.80. The van der Waals surface area contributed by atoms with E-state index < -0.39 is 0 Å². The molecule has 2 aliphatic rings. The highest BCUT2D eigenvalue weighted by Gasteiger charge is 2.29. The average molecular weight is 384 g/mol. The Bertz CT molecular complexity index is 867. The van der Waals surface area contributed by atoms with Crippen LogP contribution in [0, 0.1) is 0 Å². The van der Waals surface area contributed by atoms with Gasteiger partial charge in [0.05, 0.1) is 25.5 Å². The van der Waals surface area contributed by atoms with Gasteiger partial charge >= 0.3 is 5.97 Å². The fraction of sp³-hybridized carbons (Fsp3) is 0.450. The van der Waals surface area contributed by atoms with Crippen molar-refractivity contribution in [2.75, 3.05) is 55.8 Å². The van der Waals surface area contributed by atoms with E-state index in [2.05, 4.69) is 4.90 Å². The number of benzene rings is 1. The van der Waals surface area contributed by atoms with Crippen molar-refractivity contribution in [2.45, 2.75) is 13.3 Å². The molecule has 0 radical (unpaired) electrons. The normalized spacial score (nSPS) is 16.2. The van der Waals surface area contributed by atoms with Crippen LogP contribution in [0.2, 0.25) is 0 Å². The molecule has 28 heavy (non-hydrogen) atoms. The Labute approximate surface area is 163 Å². The number of phenols is 1. The highest BCUT2D eigenvalue weighted by Crippen LogP contribution is 2.36. The van der Waals surface area contributed by atoms with Crippen LogP contribution < -0.4 is 9.80 Å². The zero-order valence-corrected chi connectivity index (χ0v) is 15.9. The molecule has 0 bridgehead atoms. The summed E-state index contributed by atoms with van der Waals surface area (Å²) in [5.41, 5.74) is 2.63.